The van der Waals surface area contributed by atoms with Gasteiger partial charge >= 0.3 is 0 Å². The smallest absolute Gasteiger partial charge is 0.123 e. The number of hydrogen-bond donors (Lipinski definition) is 3. The topological polar surface area (TPSA) is 73.8 Å². The molecule has 3 N–H and O–H groups in total. The van der Waals surface area contributed by atoms with Crippen LogP contribution in [0.3, 0.4) is 0 Å². The lowest BCUT2D eigenvalue weighted by Gasteiger charge is -2.03. The first kappa shape index (κ1) is 13.8. The van der Waals surface area contributed by atoms with Gasteiger partial charge in [-0.3, -0.25) is 0 Å². The van der Waals surface area contributed by atoms with E-state index in [-0.39, 0.29) is 17.2 Å². The number of rotatable bonds is 3. The first-order valence-electron chi connectivity index (χ1n) is 6.68. The fraction of sp³-hybridized carbons (Fsp3) is 0. The van der Waals surface area contributed by atoms with Gasteiger partial charge in [-0.1, -0.05) is 18.2 Å². The Bertz CT molecular complexity index is 797. The Morgan fingerprint density at radius 1 is 0.773 bits per heavy atom. The Balaban J connectivity index is 1.92. The minimum Gasteiger partial charge on any atom is -0.508 e. The first-order chi connectivity index (χ1) is 10.6. The van der Waals surface area contributed by atoms with Gasteiger partial charge in [-0.15, -0.1) is 0 Å². The van der Waals surface area contributed by atoms with E-state index in [0.29, 0.717) is 11.1 Å². The molecule has 0 aliphatic rings. The highest BCUT2D eigenvalue weighted by atomic mass is 16.3. The molecule has 0 fully saturated rings. The summed E-state index contributed by atoms with van der Waals surface area (Å²) in [6.45, 7) is 0. The van der Waals surface area contributed by atoms with Crippen LogP contribution in [-0.2, 0) is 0 Å². The van der Waals surface area contributed by atoms with Gasteiger partial charge in [-0.2, -0.15) is 0 Å². The fourth-order valence-electron chi connectivity index (χ4n) is 2.21. The van der Waals surface area contributed by atoms with Gasteiger partial charge in [-0.05, 0) is 41.5 Å². The average Bonchev–Trinajstić information content (AvgIpc) is 2.99. The molecule has 1 heterocycles. The molecule has 0 saturated carbocycles. The molecule has 4 nitrogen and oxygen atoms in total. The number of aromatic hydroxyl groups is 3. The standard InChI is InChI=1S/C18H14O4/c19-15-7-13(8-16(20)10-15)2-1-12-3-4-18(21)17(9-12)14-5-6-22-11-14/h1-11,19-21H/b2-1+. The molecule has 0 aliphatic carbocycles. The predicted molar refractivity (Wildman–Crippen MR) is 84.5 cm³/mol. The van der Waals surface area contributed by atoms with Crippen molar-refractivity contribution in [3.05, 3.63) is 66.1 Å². The number of hydrogen-bond acceptors (Lipinski definition) is 4. The second kappa shape index (κ2) is 5.69. The third-order valence-electron chi connectivity index (χ3n) is 3.25. The normalized spacial score (nSPS) is 11.1. The Morgan fingerprint density at radius 2 is 1.50 bits per heavy atom. The van der Waals surface area contributed by atoms with E-state index >= 15 is 0 Å². The largest absolute Gasteiger partial charge is 0.508 e. The van der Waals surface area contributed by atoms with Crippen LogP contribution in [0.4, 0.5) is 0 Å². The lowest BCUT2D eigenvalue weighted by molar-refractivity contribution is 0.450. The van der Waals surface area contributed by atoms with Crippen LogP contribution in [0.5, 0.6) is 17.2 Å². The van der Waals surface area contributed by atoms with E-state index in [1.165, 1.54) is 6.07 Å². The van der Waals surface area contributed by atoms with Gasteiger partial charge in [0.1, 0.15) is 17.2 Å². The highest BCUT2D eigenvalue weighted by molar-refractivity contribution is 5.77. The molecule has 1 aromatic heterocycles. The summed E-state index contributed by atoms with van der Waals surface area (Å²) in [6, 6.07) is 11.4. The van der Waals surface area contributed by atoms with Crippen LogP contribution in [0.2, 0.25) is 0 Å². The quantitative estimate of drug-likeness (QED) is 0.632. The van der Waals surface area contributed by atoms with E-state index in [1.807, 2.05) is 12.1 Å². The van der Waals surface area contributed by atoms with Gasteiger partial charge in [0, 0.05) is 17.2 Å². The van der Waals surface area contributed by atoms with Crippen LogP contribution in [0, 0.1) is 0 Å². The SMILES string of the molecule is Oc1cc(O)cc(/C=C/c2ccc(O)c(-c3ccoc3)c2)c1. The number of benzene rings is 2. The maximum absolute atomic E-state index is 9.93. The molecule has 0 amide bonds. The average molecular weight is 294 g/mol. The Hall–Kier alpha value is -3.14. The Kier molecular flexibility index (Phi) is 3.58. The van der Waals surface area contributed by atoms with E-state index in [4.69, 9.17) is 4.42 Å². The van der Waals surface area contributed by atoms with Crippen LogP contribution >= 0.6 is 0 Å². The summed E-state index contributed by atoms with van der Waals surface area (Å²) in [6.07, 6.45) is 6.71. The van der Waals surface area contributed by atoms with Crippen molar-refractivity contribution < 1.29 is 19.7 Å². The van der Waals surface area contributed by atoms with Crippen molar-refractivity contribution in [1.29, 1.82) is 0 Å². The second-order valence-electron chi connectivity index (χ2n) is 4.90. The minimum atomic E-state index is 0.00411. The van der Waals surface area contributed by atoms with Crippen molar-refractivity contribution in [2.75, 3.05) is 0 Å². The van der Waals surface area contributed by atoms with Crippen LogP contribution in [0.25, 0.3) is 23.3 Å². The zero-order valence-electron chi connectivity index (χ0n) is 11.6. The number of furan rings is 1. The van der Waals surface area contributed by atoms with Gasteiger partial charge in [0.05, 0.1) is 12.5 Å². The molecule has 4 heteroatoms. The molecule has 0 saturated heterocycles. The van der Waals surface area contributed by atoms with Gasteiger partial charge in [0.25, 0.3) is 0 Å². The van der Waals surface area contributed by atoms with E-state index in [0.717, 1.165) is 11.1 Å². The zero-order valence-corrected chi connectivity index (χ0v) is 11.6. The van der Waals surface area contributed by atoms with Crippen molar-refractivity contribution in [3.63, 3.8) is 0 Å². The maximum Gasteiger partial charge on any atom is 0.123 e. The number of phenolic OH excluding ortho intramolecular Hbond substituents is 3. The van der Waals surface area contributed by atoms with Gasteiger partial charge in [0.2, 0.25) is 0 Å². The Labute approximate surface area is 127 Å². The zero-order chi connectivity index (χ0) is 15.5. The summed E-state index contributed by atoms with van der Waals surface area (Å²) in [4.78, 5) is 0. The van der Waals surface area contributed by atoms with E-state index in [2.05, 4.69) is 0 Å². The van der Waals surface area contributed by atoms with E-state index in [9.17, 15) is 15.3 Å². The lowest BCUT2D eigenvalue weighted by atomic mass is 10.0. The predicted octanol–water partition coefficient (Wildman–Crippen LogP) is 4.23. The highest BCUT2D eigenvalue weighted by Gasteiger charge is 2.06. The van der Waals surface area contributed by atoms with Gasteiger partial charge < -0.3 is 19.7 Å². The second-order valence-corrected chi connectivity index (χ2v) is 4.90. The van der Waals surface area contributed by atoms with Crippen molar-refractivity contribution in [3.8, 4) is 28.4 Å². The third-order valence-corrected chi connectivity index (χ3v) is 3.25. The molecule has 2 aromatic carbocycles. The molecule has 0 bridgehead atoms. The minimum absolute atomic E-state index is 0.00411. The van der Waals surface area contributed by atoms with Crippen molar-refractivity contribution in [2.24, 2.45) is 0 Å². The summed E-state index contributed by atoms with van der Waals surface area (Å²) in [7, 11) is 0. The van der Waals surface area contributed by atoms with Crippen LogP contribution < -0.4 is 0 Å². The van der Waals surface area contributed by atoms with Crippen LogP contribution in [0.1, 0.15) is 11.1 Å². The summed E-state index contributed by atoms with van der Waals surface area (Å²) in [5.41, 5.74) is 3.02. The molecule has 3 aromatic rings. The van der Waals surface area contributed by atoms with Crippen LogP contribution in [0.15, 0.2) is 59.4 Å². The Morgan fingerprint density at radius 3 is 2.18 bits per heavy atom. The maximum atomic E-state index is 9.93. The summed E-state index contributed by atoms with van der Waals surface area (Å²) in [5, 5.41) is 28.9. The molecule has 0 unspecified atom stereocenters. The molecular formula is C18H14O4. The summed E-state index contributed by atoms with van der Waals surface area (Å²) >= 11 is 0. The molecule has 22 heavy (non-hydrogen) atoms. The molecule has 0 spiro atoms. The summed E-state index contributed by atoms with van der Waals surface area (Å²) < 4.78 is 5.03. The molecule has 3 rings (SSSR count). The van der Waals surface area contributed by atoms with E-state index < -0.39 is 0 Å². The molecule has 0 aliphatic heterocycles. The lowest BCUT2D eigenvalue weighted by Crippen LogP contribution is -1.79. The molecule has 110 valence electrons. The molecule has 0 atom stereocenters. The third kappa shape index (κ3) is 2.96. The summed E-state index contributed by atoms with van der Waals surface area (Å²) in [5.74, 6) is 0.183. The van der Waals surface area contributed by atoms with Crippen molar-refractivity contribution >= 4 is 12.2 Å². The first-order valence-corrected chi connectivity index (χ1v) is 6.68. The van der Waals surface area contributed by atoms with Gasteiger partial charge in [-0.25, -0.2) is 0 Å². The fourth-order valence-corrected chi connectivity index (χ4v) is 2.21. The van der Waals surface area contributed by atoms with Crippen LogP contribution in [-0.4, -0.2) is 15.3 Å². The van der Waals surface area contributed by atoms with Crippen molar-refractivity contribution in [1.82, 2.24) is 0 Å². The highest BCUT2D eigenvalue weighted by Crippen LogP contribution is 2.31. The van der Waals surface area contributed by atoms with Crippen molar-refractivity contribution in [2.45, 2.75) is 0 Å². The van der Waals surface area contributed by atoms with E-state index in [1.54, 1.807) is 48.9 Å². The monoisotopic (exact) mass is 294 g/mol. The van der Waals surface area contributed by atoms with Gasteiger partial charge in [0.15, 0.2) is 0 Å². The molecular weight excluding hydrogens is 280 g/mol. The number of phenols is 3. The molecule has 0 radical (unpaired) electrons.